The van der Waals surface area contributed by atoms with Crippen LogP contribution in [0.1, 0.15) is 12.7 Å². The second kappa shape index (κ2) is 6.47. The van der Waals surface area contributed by atoms with Crippen molar-refractivity contribution in [2.75, 3.05) is 50.2 Å². The van der Waals surface area contributed by atoms with E-state index in [2.05, 4.69) is 25.2 Å². The molecule has 2 heterocycles. The van der Waals surface area contributed by atoms with Gasteiger partial charge in [0.25, 0.3) is 0 Å². The van der Waals surface area contributed by atoms with Crippen LogP contribution in [0.25, 0.3) is 0 Å². The van der Waals surface area contributed by atoms with Crippen LogP contribution in [0.4, 0.5) is 11.9 Å². The minimum absolute atomic E-state index is 0.107. The molecule has 0 bridgehead atoms. The molecule has 1 N–H and O–H groups in total. The summed E-state index contributed by atoms with van der Waals surface area (Å²) >= 11 is 0. The number of morpholine rings is 1. The summed E-state index contributed by atoms with van der Waals surface area (Å²) in [6.45, 7) is 4.63. The van der Waals surface area contributed by atoms with E-state index < -0.39 is 0 Å². The van der Waals surface area contributed by atoms with E-state index in [1.165, 1.54) is 6.92 Å². The number of amides is 1. The van der Waals surface area contributed by atoms with Crippen LogP contribution < -0.4 is 15.1 Å². The Kier molecular flexibility index (Phi) is 4.67. The molecule has 0 atom stereocenters. The number of nitrogens with one attached hydrogen (secondary N) is 1. The van der Waals surface area contributed by atoms with E-state index >= 15 is 0 Å². The molecule has 0 spiro atoms. The van der Waals surface area contributed by atoms with Gasteiger partial charge in [-0.25, -0.2) is 0 Å². The smallest absolute Gasteiger partial charge is 0.230 e. The lowest BCUT2D eigenvalue weighted by molar-refractivity contribution is -0.119. The van der Waals surface area contributed by atoms with Crippen LogP contribution in [0.15, 0.2) is 0 Å². The van der Waals surface area contributed by atoms with Crippen molar-refractivity contribution in [1.29, 1.82) is 0 Å². The van der Waals surface area contributed by atoms with Gasteiger partial charge in [-0.3, -0.25) is 4.79 Å². The van der Waals surface area contributed by atoms with Gasteiger partial charge in [0.1, 0.15) is 0 Å². The molecular weight excluding hydrogens is 260 g/mol. The van der Waals surface area contributed by atoms with Crippen LogP contribution in [-0.2, 0) is 16.1 Å². The highest BCUT2D eigenvalue weighted by Crippen LogP contribution is 2.14. The molecule has 8 nitrogen and oxygen atoms in total. The van der Waals surface area contributed by atoms with Crippen molar-refractivity contribution < 1.29 is 9.53 Å². The Labute approximate surface area is 118 Å². The summed E-state index contributed by atoms with van der Waals surface area (Å²) in [7, 11) is 3.75. The third-order valence-corrected chi connectivity index (χ3v) is 2.85. The lowest BCUT2D eigenvalue weighted by Gasteiger charge is -2.27. The number of hydrogen-bond donors (Lipinski definition) is 1. The lowest BCUT2D eigenvalue weighted by Crippen LogP contribution is -2.38. The molecular formula is C12H20N6O2. The van der Waals surface area contributed by atoms with Gasteiger partial charge in [-0.15, -0.1) is 0 Å². The number of hydrogen-bond acceptors (Lipinski definition) is 7. The van der Waals surface area contributed by atoms with Gasteiger partial charge in [0.05, 0.1) is 19.8 Å². The van der Waals surface area contributed by atoms with Crippen LogP contribution in [-0.4, -0.2) is 61.3 Å². The number of ether oxygens (including phenoxy) is 1. The van der Waals surface area contributed by atoms with Gasteiger partial charge in [-0.05, 0) is 0 Å². The Morgan fingerprint density at radius 3 is 2.60 bits per heavy atom. The van der Waals surface area contributed by atoms with Gasteiger partial charge >= 0.3 is 0 Å². The van der Waals surface area contributed by atoms with Crippen LogP contribution in [0.5, 0.6) is 0 Å². The van der Waals surface area contributed by atoms with E-state index in [9.17, 15) is 4.79 Å². The Morgan fingerprint density at radius 2 is 2.00 bits per heavy atom. The van der Waals surface area contributed by atoms with Crippen LogP contribution in [0, 0.1) is 0 Å². The molecule has 0 aromatic carbocycles. The predicted octanol–water partition coefficient (Wildman–Crippen LogP) is -0.590. The maximum absolute atomic E-state index is 11.0. The molecule has 1 aliphatic heterocycles. The summed E-state index contributed by atoms with van der Waals surface area (Å²) in [5, 5.41) is 2.70. The third-order valence-electron chi connectivity index (χ3n) is 2.85. The highest BCUT2D eigenvalue weighted by atomic mass is 16.5. The minimum Gasteiger partial charge on any atom is -0.378 e. The number of rotatable bonds is 4. The molecule has 2 rings (SSSR count). The number of nitrogens with zero attached hydrogens (tertiary/aromatic N) is 5. The third kappa shape index (κ3) is 3.77. The van der Waals surface area contributed by atoms with Crippen LogP contribution in [0.2, 0.25) is 0 Å². The number of carbonyl (C=O) groups excluding carboxylic acids is 1. The molecule has 1 fully saturated rings. The quantitative estimate of drug-likeness (QED) is 0.789. The van der Waals surface area contributed by atoms with Gasteiger partial charge in [0, 0.05) is 34.1 Å². The first kappa shape index (κ1) is 14.4. The summed E-state index contributed by atoms with van der Waals surface area (Å²) < 4.78 is 5.33. The monoisotopic (exact) mass is 280 g/mol. The van der Waals surface area contributed by atoms with Crippen molar-refractivity contribution in [3.63, 3.8) is 0 Å². The number of aromatic nitrogens is 3. The Balaban J connectivity index is 2.22. The van der Waals surface area contributed by atoms with E-state index in [0.717, 1.165) is 13.1 Å². The first-order valence-corrected chi connectivity index (χ1v) is 6.55. The van der Waals surface area contributed by atoms with Crippen LogP contribution in [0.3, 0.4) is 0 Å². The second-order valence-electron chi connectivity index (χ2n) is 4.76. The average Bonchev–Trinajstić information content (AvgIpc) is 2.45. The average molecular weight is 280 g/mol. The molecule has 0 aliphatic carbocycles. The molecule has 1 aromatic rings. The highest BCUT2D eigenvalue weighted by molar-refractivity contribution is 5.72. The maximum atomic E-state index is 11.0. The molecule has 110 valence electrons. The van der Waals surface area contributed by atoms with Crippen LogP contribution >= 0.6 is 0 Å². The minimum atomic E-state index is -0.107. The zero-order valence-corrected chi connectivity index (χ0v) is 12.1. The van der Waals surface area contributed by atoms with E-state index in [1.807, 2.05) is 19.0 Å². The topological polar surface area (TPSA) is 83.5 Å². The molecule has 1 aliphatic rings. The number of carbonyl (C=O) groups is 1. The van der Waals surface area contributed by atoms with Crippen molar-refractivity contribution in [3.05, 3.63) is 5.82 Å². The van der Waals surface area contributed by atoms with Gasteiger partial charge in [0.2, 0.25) is 17.8 Å². The largest absolute Gasteiger partial charge is 0.378 e. The highest BCUT2D eigenvalue weighted by Gasteiger charge is 2.17. The van der Waals surface area contributed by atoms with E-state index in [4.69, 9.17) is 4.74 Å². The Hall–Kier alpha value is -1.96. The fourth-order valence-electron chi connectivity index (χ4n) is 1.78. The van der Waals surface area contributed by atoms with E-state index in [-0.39, 0.29) is 5.91 Å². The summed E-state index contributed by atoms with van der Waals surface area (Å²) in [6, 6.07) is 0. The van der Waals surface area contributed by atoms with Crippen molar-refractivity contribution in [2.24, 2.45) is 0 Å². The second-order valence-corrected chi connectivity index (χ2v) is 4.76. The van der Waals surface area contributed by atoms with E-state index in [1.54, 1.807) is 0 Å². The molecule has 1 amide bonds. The molecule has 0 radical (unpaired) electrons. The fraction of sp³-hybridized carbons (Fsp3) is 0.667. The Bertz CT molecular complexity index is 473. The first-order chi connectivity index (χ1) is 9.56. The molecule has 0 unspecified atom stereocenters. The van der Waals surface area contributed by atoms with E-state index in [0.29, 0.717) is 37.5 Å². The van der Waals surface area contributed by atoms with Gasteiger partial charge in [-0.1, -0.05) is 0 Å². The van der Waals surface area contributed by atoms with Gasteiger partial charge in [-0.2, -0.15) is 15.0 Å². The molecule has 1 saturated heterocycles. The van der Waals surface area contributed by atoms with Gasteiger partial charge in [0.15, 0.2) is 5.82 Å². The van der Waals surface area contributed by atoms with Gasteiger partial charge < -0.3 is 19.9 Å². The molecule has 8 heteroatoms. The van der Waals surface area contributed by atoms with Crippen molar-refractivity contribution in [3.8, 4) is 0 Å². The summed E-state index contributed by atoms with van der Waals surface area (Å²) in [4.78, 5) is 28.1. The molecule has 0 saturated carbocycles. The standard InChI is InChI=1S/C12H20N6O2/c1-9(19)13-8-10-14-11(17(2)3)16-12(15-10)18-4-6-20-7-5-18/h4-8H2,1-3H3,(H,13,19). The normalized spacial score (nSPS) is 15.1. The van der Waals surface area contributed by atoms with Crippen molar-refractivity contribution in [1.82, 2.24) is 20.3 Å². The zero-order chi connectivity index (χ0) is 14.5. The van der Waals surface area contributed by atoms with Crippen molar-refractivity contribution >= 4 is 17.8 Å². The predicted molar refractivity (Wildman–Crippen MR) is 74.7 cm³/mol. The molecule has 20 heavy (non-hydrogen) atoms. The van der Waals surface area contributed by atoms with Crippen molar-refractivity contribution in [2.45, 2.75) is 13.5 Å². The summed E-state index contributed by atoms with van der Waals surface area (Å²) in [6.07, 6.45) is 0. The first-order valence-electron chi connectivity index (χ1n) is 6.55. The maximum Gasteiger partial charge on any atom is 0.230 e. The molecule has 1 aromatic heterocycles. The SMILES string of the molecule is CC(=O)NCc1nc(N(C)C)nc(N2CCOCC2)n1. The summed E-state index contributed by atoms with van der Waals surface area (Å²) in [5.41, 5.74) is 0. The fourth-order valence-corrected chi connectivity index (χ4v) is 1.78. The lowest BCUT2D eigenvalue weighted by atomic mass is 10.4. The zero-order valence-electron chi connectivity index (χ0n) is 12.1. The number of anilines is 2. The Morgan fingerprint density at radius 1 is 1.30 bits per heavy atom. The summed E-state index contributed by atoms with van der Waals surface area (Å²) in [5.74, 6) is 1.67.